The van der Waals surface area contributed by atoms with Crippen molar-refractivity contribution in [3.05, 3.63) is 42.6 Å². The van der Waals surface area contributed by atoms with Gasteiger partial charge < -0.3 is 10.1 Å². The molecule has 1 N–H and O–H groups in total. The van der Waals surface area contributed by atoms with Crippen molar-refractivity contribution in [3.63, 3.8) is 0 Å². The summed E-state index contributed by atoms with van der Waals surface area (Å²) in [4.78, 5) is 14.8. The smallest absolute Gasteiger partial charge is 0.266 e. The number of ether oxygens (including phenoxy) is 1. The molecule has 110 valence electrons. The van der Waals surface area contributed by atoms with Gasteiger partial charge in [0.1, 0.15) is 4.90 Å². The molecule has 21 heavy (non-hydrogen) atoms. The second-order valence-electron chi connectivity index (χ2n) is 4.02. The molecule has 0 spiro atoms. The zero-order chi connectivity index (χ0) is 15.5. The van der Waals surface area contributed by atoms with Crippen LogP contribution >= 0.6 is 10.7 Å². The number of carbonyl (C=O) groups is 1. The zero-order valence-corrected chi connectivity index (χ0v) is 12.5. The van der Waals surface area contributed by atoms with Gasteiger partial charge in [-0.3, -0.25) is 4.79 Å². The summed E-state index contributed by atoms with van der Waals surface area (Å²) >= 11 is 0. The van der Waals surface area contributed by atoms with Gasteiger partial charge in [0.05, 0.1) is 5.69 Å². The van der Waals surface area contributed by atoms with Crippen LogP contribution in [0.1, 0.15) is 6.92 Å². The predicted molar refractivity (Wildman–Crippen MR) is 78.1 cm³/mol. The summed E-state index contributed by atoms with van der Waals surface area (Å²) in [5, 5.41) is 2.58. The molecular weight excluding hydrogens is 316 g/mol. The van der Waals surface area contributed by atoms with E-state index in [0.717, 1.165) is 0 Å². The van der Waals surface area contributed by atoms with Gasteiger partial charge in [-0.1, -0.05) is 12.1 Å². The SMILES string of the molecule is CC(=O)Nc1ccccc1Oc1ncccc1S(=O)(=O)Cl. The number of aromatic nitrogens is 1. The number of nitrogens with zero attached hydrogens (tertiary/aromatic N) is 1. The second-order valence-corrected chi connectivity index (χ2v) is 6.56. The number of amides is 1. The lowest BCUT2D eigenvalue weighted by Crippen LogP contribution is -2.07. The number of halogens is 1. The fraction of sp³-hybridized carbons (Fsp3) is 0.0769. The highest BCUT2D eigenvalue weighted by atomic mass is 35.7. The molecule has 0 atom stereocenters. The van der Waals surface area contributed by atoms with E-state index in [1.165, 1.54) is 25.3 Å². The van der Waals surface area contributed by atoms with Gasteiger partial charge in [0.15, 0.2) is 5.75 Å². The fourth-order valence-electron chi connectivity index (χ4n) is 1.59. The number of para-hydroxylation sites is 2. The third-order valence-electron chi connectivity index (χ3n) is 2.40. The van der Waals surface area contributed by atoms with E-state index in [2.05, 4.69) is 10.3 Å². The molecule has 2 rings (SSSR count). The fourth-order valence-corrected chi connectivity index (χ4v) is 2.49. The Kier molecular flexibility index (Phi) is 4.44. The van der Waals surface area contributed by atoms with E-state index in [-0.39, 0.29) is 22.4 Å². The van der Waals surface area contributed by atoms with Gasteiger partial charge in [0.2, 0.25) is 11.8 Å². The molecule has 1 aromatic carbocycles. The molecular formula is C13H11ClN2O4S. The van der Waals surface area contributed by atoms with Crippen molar-refractivity contribution in [1.29, 1.82) is 0 Å². The summed E-state index contributed by atoms with van der Waals surface area (Å²) in [6, 6.07) is 9.29. The van der Waals surface area contributed by atoms with Gasteiger partial charge in [-0.25, -0.2) is 13.4 Å². The Morgan fingerprint density at radius 1 is 1.24 bits per heavy atom. The molecule has 1 heterocycles. The summed E-state index contributed by atoms with van der Waals surface area (Å²) in [7, 11) is 1.34. The maximum Gasteiger partial charge on any atom is 0.266 e. The van der Waals surface area contributed by atoms with Crippen molar-refractivity contribution in [3.8, 4) is 11.6 Å². The molecule has 0 saturated heterocycles. The van der Waals surface area contributed by atoms with Crippen molar-refractivity contribution >= 4 is 31.3 Å². The van der Waals surface area contributed by atoms with E-state index in [4.69, 9.17) is 15.4 Å². The Balaban J connectivity index is 2.42. The van der Waals surface area contributed by atoms with Crippen molar-refractivity contribution in [2.75, 3.05) is 5.32 Å². The van der Waals surface area contributed by atoms with Crippen LogP contribution in [0.25, 0.3) is 0 Å². The lowest BCUT2D eigenvalue weighted by Gasteiger charge is -2.11. The number of hydrogen-bond acceptors (Lipinski definition) is 5. The summed E-state index contributed by atoms with van der Waals surface area (Å²) in [6.45, 7) is 1.35. The quantitative estimate of drug-likeness (QED) is 0.873. The van der Waals surface area contributed by atoms with Gasteiger partial charge in [-0.15, -0.1) is 0 Å². The first-order chi connectivity index (χ1) is 9.88. The summed E-state index contributed by atoms with van der Waals surface area (Å²) in [6.07, 6.45) is 1.38. The molecule has 0 aliphatic rings. The number of hydrogen-bond donors (Lipinski definition) is 1. The van der Waals surface area contributed by atoms with Crippen molar-refractivity contribution in [1.82, 2.24) is 4.98 Å². The van der Waals surface area contributed by atoms with Crippen LogP contribution in [0, 0.1) is 0 Å². The minimum absolute atomic E-state index is 0.162. The molecule has 0 aliphatic carbocycles. The maximum atomic E-state index is 11.5. The van der Waals surface area contributed by atoms with Crippen LogP contribution in [-0.4, -0.2) is 19.3 Å². The van der Waals surface area contributed by atoms with E-state index in [1.54, 1.807) is 24.3 Å². The molecule has 8 heteroatoms. The lowest BCUT2D eigenvalue weighted by molar-refractivity contribution is -0.114. The lowest BCUT2D eigenvalue weighted by atomic mass is 10.3. The molecule has 0 radical (unpaired) electrons. The number of rotatable bonds is 4. The van der Waals surface area contributed by atoms with Crippen LogP contribution in [0.4, 0.5) is 5.69 Å². The number of benzene rings is 1. The van der Waals surface area contributed by atoms with E-state index in [0.29, 0.717) is 5.69 Å². The van der Waals surface area contributed by atoms with Gasteiger partial charge >= 0.3 is 0 Å². The summed E-state index contributed by atoms with van der Waals surface area (Å²) in [5.74, 6) is -0.185. The first-order valence-electron chi connectivity index (χ1n) is 5.82. The average molecular weight is 327 g/mol. The zero-order valence-electron chi connectivity index (χ0n) is 10.9. The Morgan fingerprint density at radius 2 is 1.95 bits per heavy atom. The highest BCUT2D eigenvalue weighted by Crippen LogP contribution is 2.32. The largest absolute Gasteiger partial charge is 0.435 e. The topological polar surface area (TPSA) is 85.4 Å². The Hall–Kier alpha value is -2.12. The van der Waals surface area contributed by atoms with Gasteiger partial charge in [-0.2, -0.15) is 0 Å². The van der Waals surface area contributed by atoms with Crippen molar-refractivity contribution in [2.24, 2.45) is 0 Å². The highest BCUT2D eigenvalue weighted by molar-refractivity contribution is 8.13. The molecule has 0 saturated carbocycles. The average Bonchev–Trinajstić information content (AvgIpc) is 2.40. The van der Waals surface area contributed by atoms with Crippen LogP contribution in [0.2, 0.25) is 0 Å². The second kappa shape index (κ2) is 6.11. The minimum atomic E-state index is -3.99. The standard InChI is InChI=1S/C13H11ClN2O4S/c1-9(17)16-10-5-2-3-6-11(10)20-13-12(21(14,18)19)7-4-8-15-13/h2-8H,1H3,(H,16,17). The molecule has 0 fully saturated rings. The minimum Gasteiger partial charge on any atom is -0.435 e. The Labute approximate surface area is 126 Å². The Morgan fingerprint density at radius 3 is 2.62 bits per heavy atom. The predicted octanol–water partition coefficient (Wildman–Crippen LogP) is 2.76. The molecule has 0 aliphatic heterocycles. The van der Waals surface area contributed by atoms with Crippen LogP contribution in [-0.2, 0) is 13.8 Å². The Bertz CT molecular complexity index is 777. The van der Waals surface area contributed by atoms with Gasteiger partial charge in [0.25, 0.3) is 9.05 Å². The molecule has 2 aromatic rings. The summed E-state index contributed by atoms with van der Waals surface area (Å²) < 4.78 is 28.4. The van der Waals surface area contributed by atoms with Crippen LogP contribution in [0.15, 0.2) is 47.5 Å². The maximum absolute atomic E-state index is 11.5. The monoisotopic (exact) mass is 326 g/mol. The highest BCUT2D eigenvalue weighted by Gasteiger charge is 2.19. The van der Waals surface area contributed by atoms with Crippen molar-refractivity contribution < 1.29 is 17.9 Å². The van der Waals surface area contributed by atoms with E-state index in [9.17, 15) is 13.2 Å². The van der Waals surface area contributed by atoms with Gasteiger partial charge in [0, 0.05) is 23.8 Å². The number of anilines is 1. The third-order valence-corrected chi connectivity index (χ3v) is 3.74. The molecule has 1 amide bonds. The van der Waals surface area contributed by atoms with Crippen LogP contribution in [0.3, 0.4) is 0 Å². The molecule has 0 bridgehead atoms. The van der Waals surface area contributed by atoms with Gasteiger partial charge in [-0.05, 0) is 24.3 Å². The third kappa shape index (κ3) is 3.93. The number of nitrogens with one attached hydrogen (secondary N) is 1. The number of pyridine rings is 1. The summed E-state index contributed by atoms with van der Waals surface area (Å²) in [5.41, 5.74) is 0.397. The molecule has 6 nitrogen and oxygen atoms in total. The molecule has 1 aromatic heterocycles. The normalized spacial score (nSPS) is 11.0. The first-order valence-corrected chi connectivity index (χ1v) is 8.13. The van der Waals surface area contributed by atoms with E-state index >= 15 is 0 Å². The van der Waals surface area contributed by atoms with Crippen molar-refractivity contribution in [2.45, 2.75) is 11.8 Å². The van der Waals surface area contributed by atoms with E-state index < -0.39 is 9.05 Å². The molecule has 0 unspecified atom stereocenters. The van der Waals surface area contributed by atoms with E-state index in [1.807, 2.05) is 0 Å². The van der Waals surface area contributed by atoms with Crippen LogP contribution < -0.4 is 10.1 Å². The first kappa shape index (κ1) is 15.3. The van der Waals surface area contributed by atoms with Crippen LogP contribution in [0.5, 0.6) is 11.6 Å². The number of carbonyl (C=O) groups excluding carboxylic acids is 1.